The van der Waals surface area contributed by atoms with Crippen LogP contribution in [0.4, 0.5) is 11.5 Å². The SMILES string of the molecule is CCOc1ncnc(NCC(C)OC)c1N. The van der Waals surface area contributed by atoms with Crippen LogP contribution in [0.5, 0.6) is 5.88 Å². The lowest BCUT2D eigenvalue weighted by molar-refractivity contribution is 0.128. The largest absolute Gasteiger partial charge is 0.476 e. The summed E-state index contributed by atoms with van der Waals surface area (Å²) in [7, 11) is 1.65. The summed E-state index contributed by atoms with van der Waals surface area (Å²) < 4.78 is 10.4. The molecule has 1 atom stereocenters. The summed E-state index contributed by atoms with van der Waals surface area (Å²) in [4.78, 5) is 7.99. The molecule has 3 N–H and O–H groups in total. The number of hydrogen-bond acceptors (Lipinski definition) is 6. The molecule has 1 aromatic rings. The van der Waals surface area contributed by atoms with E-state index in [-0.39, 0.29) is 6.10 Å². The van der Waals surface area contributed by atoms with Crippen LogP contribution < -0.4 is 15.8 Å². The molecular weight excluding hydrogens is 208 g/mol. The van der Waals surface area contributed by atoms with Gasteiger partial charge in [0.05, 0.1) is 12.7 Å². The van der Waals surface area contributed by atoms with Gasteiger partial charge in [0.25, 0.3) is 0 Å². The molecule has 1 unspecified atom stereocenters. The third-order valence-electron chi connectivity index (χ3n) is 2.09. The minimum atomic E-state index is 0.0879. The highest BCUT2D eigenvalue weighted by Gasteiger charge is 2.09. The van der Waals surface area contributed by atoms with Gasteiger partial charge in [0.2, 0.25) is 5.88 Å². The van der Waals surface area contributed by atoms with Crippen LogP contribution in [-0.4, -0.2) is 36.3 Å². The highest BCUT2D eigenvalue weighted by atomic mass is 16.5. The second-order valence-corrected chi connectivity index (χ2v) is 3.30. The van der Waals surface area contributed by atoms with E-state index >= 15 is 0 Å². The normalized spacial score (nSPS) is 12.2. The van der Waals surface area contributed by atoms with Gasteiger partial charge in [-0.2, -0.15) is 4.98 Å². The first kappa shape index (κ1) is 12.5. The van der Waals surface area contributed by atoms with Gasteiger partial charge in [0.15, 0.2) is 5.82 Å². The van der Waals surface area contributed by atoms with Gasteiger partial charge in [0.1, 0.15) is 12.0 Å². The number of nitrogens with one attached hydrogen (secondary N) is 1. The Hall–Kier alpha value is -1.56. The Bertz CT molecular complexity index is 333. The van der Waals surface area contributed by atoms with E-state index in [1.807, 2.05) is 13.8 Å². The lowest BCUT2D eigenvalue weighted by atomic mass is 10.4. The minimum absolute atomic E-state index is 0.0879. The fourth-order valence-corrected chi connectivity index (χ4v) is 1.10. The molecule has 0 saturated heterocycles. The second kappa shape index (κ2) is 6.12. The first-order valence-corrected chi connectivity index (χ1v) is 5.19. The number of methoxy groups -OCH3 is 1. The van der Waals surface area contributed by atoms with Gasteiger partial charge in [-0.05, 0) is 13.8 Å². The molecule has 0 amide bonds. The molecule has 1 aromatic heterocycles. The van der Waals surface area contributed by atoms with Gasteiger partial charge in [0, 0.05) is 13.7 Å². The van der Waals surface area contributed by atoms with E-state index in [2.05, 4.69) is 15.3 Å². The van der Waals surface area contributed by atoms with Crippen molar-refractivity contribution >= 4 is 11.5 Å². The van der Waals surface area contributed by atoms with E-state index in [0.29, 0.717) is 30.5 Å². The maximum absolute atomic E-state index is 5.84. The number of nitrogens with two attached hydrogens (primary N) is 1. The Labute approximate surface area is 95.2 Å². The van der Waals surface area contributed by atoms with Crippen LogP contribution in [-0.2, 0) is 4.74 Å². The van der Waals surface area contributed by atoms with Gasteiger partial charge < -0.3 is 20.5 Å². The van der Waals surface area contributed by atoms with Crippen LogP contribution in [0.15, 0.2) is 6.33 Å². The average molecular weight is 226 g/mol. The standard InChI is InChI=1S/C10H18N4O2/c1-4-16-10-8(11)9(13-6-14-10)12-5-7(2)15-3/h6-7H,4-5,11H2,1-3H3,(H,12,13,14). The lowest BCUT2D eigenvalue weighted by Crippen LogP contribution is -2.19. The van der Waals surface area contributed by atoms with E-state index < -0.39 is 0 Å². The number of rotatable bonds is 6. The molecule has 0 aliphatic heterocycles. The third kappa shape index (κ3) is 3.23. The average Bonchev–Trinajstić information content (AvgIpc) is 2.30. The van der Waals surface area contributed by atoms with Crippen LogP contribution >= 0.6 is 0 Å². The molecule has 0 radical (unpaired) electrons. The van der Waals surface area contributed by atoms with Crippen LogP contribution in [0.25, 0.3) is 0 Å². The first-order valence-electron chi connectivity index (χ1n) is 5.19. The zero-order valence-corrected chi connectivity index (χ0v) is 9.86. The van der Waals surface area contributed by atoms with Crippen LogP contribution in [0, 0.1) is 0 Å². The van der Waals surface area contributed by atoms with Gasteiger partial charge in [-0.25, -0.2) is 4.98 Å². The second-order valence-electron chi connectivity index (χ2n) is 3.30. The molecule has 0 aliphatic carbocycles. The molecule has 16 heavy (non-hydrogen) atoms. The molecule has 0 saturated carbocycles. The number of hydrogen-bond donors (Lipinski definition) is 2. The summed E-state index contributed by atoms with van der Waals surface area (Å²) in [6.45, 7) is 4.98. The minimum Gasteiger partial charge on any atom is -0.476 e. The van der Waals surface area contributed by atoms with E-state index in [9.17, 15) is 0 Å². The molecule has 6 nitrogen and oxygen atoms in total. The molecule has 0 aliphatic rings. The van der Waals surface area contributed by atoms with E-state index in [4.69, 9.17) is 15.2 Å². The number of nitrogen functional groups attached to an aromatic ring is 1. The van der Waals surface area contributed by atoms with Crippen molar-refractivity contribution in [2.45, 2.75) is 20.0 Å². The van der Waals surface area contributed by atoms with Crippen molar-refractivity contribution in [2.24, 2.45) is 0 Å². The summed E-state index contributed by atoms with van der Waals surface area (Å²) in [6, 6.07) is 0. The fraction of sp³-hybridized carbons (Fsp3) is 0.600. The summed E-state index contributed by atoms with van der Waals surface area (Å²) in [6.07, 6.45) is 1.51. The zero-order chi connectivity index (χ0) is 12.0. The fourth-order valence-electron chi connectivity index (χ4n) is 1.10. The number of anilines is 2. The highest BCUT2D eigenvalue weighted by molar-refractivity contribution is 5.66. The van der Waals surface area contributed by atoms with Crippen molar-refractivity contribution < 1.29 is 9.47 Å². The van der Waals surface area contributed by atoms with E-state index in [1.165, 1.54) is 6.33 Å². The smallest absolute Gasteiger partial charge is 0.242 e. The molecule has 0 aromatic carbocycles. The Balaban J connectivity index is 2.69. The predicted molar refractivity (Wildman–Crippen MR) is 62.6 cm³/mol. The maximum Gasteiger partial charge on any atom is 0.242 e. The molecule has 0 spiro atoms. The van der Waals surface area contributed by atoms with Crippen molar-refractivity contribution in [1.82, 2.24) is 9.97 Å². The summed E-state index contributed by atoms with van der Waals surface area (Å²) in [5.41, 5.74) is 6.27. The number of ether oxygens (including phenoxy) is 2. The first-order chi connectivity index (χ1) is 7.69. The van der Waals surface area contributed by atoms with E-state index in [1.54, 1.807) is 7.11 Å². The molecular formula is C10H18N4O2. The third-order valence-corrected chi connectivity index (χ3v) is 2.09. The lowest BCUT2D eigenvalue weighted by Gasteiger charge is -2.13. The van der Waals surface area contributed by atoms with Crippen LogP contribution in [0.3, 0.4) is 0 Å². The molecule has 0 bridgehead atoms. The van der Waals surface area contributed by atoms with Gasteiger partial charge in [-0.15, -0.1) is 0 Å². The van der Waals surface area contributed by atoms with Crippen molar-refractivity contribution in [2.75, 3.05) is 31.3 Å². The summed E-state index contributed by atoms with van der Waals surface area (Å²) >= 11 is 0. The highest BCUT2D eigenvalue weighted by Crippen LogP contribution is 2.24. The van der Waals surface area contributed by atoms with E-state index in [0.717, 1.165) is 0 Å². The van der Waals surface area contributed by atoms with Gasteiger partial charge in [-0.1, -0.05) is 0 Å². The van der Waals surface area contributed by atoms with Crippen LogP contribution in [0.1, 0.15) is 13.8 Å². The maximum atomic E-state index is 5.84. The molecule has 0 fully saturated rings. The quantitative estimate of drug-likeness (QED) is 0.750. The Morgan fingerprint density at radius 1 is 1.50 bits per heavy atom. The van der Waals surface area contributed by atoms with Crippen molar-refractivity contribution in [3.8, 4) is 5.88 Å². The van der Waals surface area contributed by atoms with Crippen molar-refractivity contribution in [1.29, 1.82) is 0 Å². The Morgan fingerprint density at radius 2 is 2.25 bits per heavy atom. The number of nitrogens with zero attached hydrogens (tertiary/aromatic N) is 2. The summed E-state index contributed by atoms with van der Waals surface area (Å²) in [5.74, 6) is 0.979. The van der Waals surface area contributed by atoms with Gasteiger partial charge >= 0.3 is 0 Å². The van der Waals surface area contributed by atoms with Crippen LogP contribution in [0.2, 0.25) is 0 Å². The molecule has 1 rings (SSSR count). The molecule has 6 heteroatoms. The Kier molecular flexibility index (Phi) is 4.78. The number of aromatic nitrogens is 2. The molecule has 1 heterocycles. The Morgan fingerprint density at radius 3 is 2.88 bits per heavy atom. The van der Waals surface area contributed by atoms with Crippen molar-refractivity contribution in [3.63, 3.8) is 0 Å². The van der Waals surface area contributed by atoms with Crippen molar-refractivity contribution in [3.05, 3.63) is 6.33 Å². The van der Waals surface area contributed by atoms with Gasteiger partial charge in [-0.3, -0.25) is 0 Å². The summed E-state index contributed by atoms with van der Waals surface area (Å²) in [5, 5.41) is 3.08. The molecule has 90 valence electrons. The zero-order valence-electron chi connectivity index (χ0n) is 9.86. The monoisotopic (exact) mass is 226 g/mol. The topological polar surface area (TPSA) is 82.3 Å². The predicted octanol–water partition coefficient (Wildman–Crippen LogP) is 0.904.